The molecule has 0 rings (SSSR count). The molecular formula is C15H28O5. The lowest BCUT2D eigenvalue weighted by Gasteiger charge is -2.14. The van der Waals surface area contributed by atoms with Gasteiger partial charge in [-0.1, -0.05) is 19.8 Å². The number of unbranched alkanes of at least 4 members (excludes halogenated alkanes) is 2. The van der Waals surface area contributed by atoms with Gasteiger partial charge >= 0.3 is 11.9 Å². The van der Waals surface area contributed by atoms with E-state index in [4.69, 9.17) is 9.84 Å². The number of carbonyl (C=O) groups excluding carboxylic acids is 2. The van der Waals surface area contributed by atoms with Crippen molar-refractivity contribution >= 4 is 11.9 Å². The Bertz CT molecular complexity index is 265. The summed E-state index contributed by atoms with van der Waals surface area (Å²) < 4.78 is 9.78. The smallest absolute Gasteiger partial charge is 0.305 e. The van der Waals surface area contributed by atoms with Gasteiger partial charge in [-0.15, -0.1) is 0 Å². The van der Waals surface area contributed by atoms with Crippen LogP contribution < -0.4 is 0 Å². The quantitative estimate of drug-likeness (QED) is 0.441. The molecule has 5 nitrogen and oxygen atoms in total. The highest BCUT2D eigenvalue weighted by molar-refractivity contribution is 5.69. The zero-order valence-electron chi connectivity index (χ0n) is 12.7. The van der Waals surface area contributed by atoms with Crippen LogP contribution in [-0.2, 0) is 19.1 Å². The van der Waals surface area contributed by atoms with Crippen LogP contribution in [0.15, 0.2) is 0 Å². The van der Waals surface area contributed by atoms with E-state index >= 15 is 0 Å². The number of hydrogen-bond acceptors (Lipinski definition) is 5. The van der Waals surface area contributed by atoms with Crippen molar-refractivity contribution in [3.63, 3.8) is 0 Å². The third kappa shape index (κ3) is 10.8. The maximum atomic E-state index is 11.4. The fourth-order valence-corrected chi connectivity index (χ4v) is 1.95. The second-order valence-electron chi connectivity index (χ2n) is 4.93. The number of aliphatic hydroxyl groups is 1. The van der Waals surface area contributed by atoms with Crippen LogP contribution in [0.4, 0.5) is 0 Å². The molecule has 20 heavy (non-hydrogen) atoms. The number of methoxy groups -OCH3 is 1. The van der Waals surface area contributed by atoms with E-state index in [1.165, 1.54) is 7.11 Å². The van der Waals surface area contributed by atoms with Crippen molar-refractivity contribution in [2.45, 2.75) is 58.3 Å². The summed E-state index contributed by atoms with van der Waals surface area (Å²) in [5.74, 6) is 0.0198. The normalized spacial score (nSPS) is 11.9. The summed E-state index contributed by atoms with van der Waals surface area (Å²) >= 11 is 0. The van der Waals surface area contributed by atoms with Crippen molar-refractivity contribution in [2.75, 3.05) is 20.3 Å². The molecule has 0 aliphatic heterocycles. The predicted molar refractivity (Wildman–Crippen MR) is 76.2 cm³/mol. The van der Waals surface area contributed by atoms with Crippen LogP contribution in [0.5, 0.6) is 0 Å². The van der Waals surface area contributed by atoms with Gasteiger partial charge in [0.2, 0.25) is 0 Å². The van der Waals surface area contributed by atoms with E-state index in [-0.39, 0.29) is 18.5 Å². The summed E-state index contributed by atoms with van der Waals surface area (Å²) in [4.78, 5) is 22.5. The zero-order valence-corrected chi connectivity index (χ0v) is 12.7. The minimum atomic E-state index is -0.190. The molecular weight excluding hydrogens is 260 g/mol. The highest BCUT2D eigenvalue weighted by Gasteiger charge is 2.11. The van der Waals surface area contributed by atoms with E-state index in [0.717, 1.165) is 38.5 Å². The Morgan fingerprint density at radius 2 is 1.80 bits per heavy atom. The first-order valence-electron chi connectivity index (χ1n) is 7.47. The van der Waals surface area contributed by atoms with Gasteiger partial charge in [-0.3, -0.25) is 9.59 Å². The van der Waals surface area contributed by atoms with Crippen molar-refractivity contribution in [3.8, 4) is 0 Å². The lowest BCUT2D eigenvalue weighted by molar-refractivity contribution is -0.145. The van der Waals surface area contributed by atoms with Crippen LogP contribution in [0, 0.1) is 5.92 Å². The molecule has 0 amide bonds. The van der Waals surface area contributed by atoms with E-state index in [9.17, 15) is 9.59 Å². The van der Waals surface area contributed by atoms with Crippen LogP contribution in [0.1, 0.15) is 58.3 Å². The number of ether oxygens (including phenoxy) is 2. The number of carbonyl (C=O) groups is 2. The molecule has 0 aromatic rings. The Hall–Kier alpha value is -1.10. The molecule has 0 saturated heterocycles. The van der Waals surface area contributed by atoms with Crippen molar-refractivity contribution in [1.82, 2.24) is 0 Å². The highest BCUT2D eigenvalue weighted by atomic mass is 16.5. The largest absolute Gasteiger partial charge is 0.469 e. The van der Waals surface area contributed by atoms with Crippen molar-refractivity contribution in [3.05, 3.63) is 0 Å². The maximum Gasteiger partial charge on any atom is 0.305 e. The molecule has 1 atom stereocenters. The summed E-state index contributed by atoms with van der Waals surface area (Å²) in [6.45, 7) is 2.66. The van der Waals surface area contributed by atoms with E-state index in [1.807, 2.05) is 0 Å². The van der Waals surface area contributed by atoms with Crippen LogP contribution in [0.25, 0.3) is 0 Å². The third-order valence-electron chi connectivity index (χ3n) is 3.39. The average molecular weight is 288 g/mol. The first-order valence-corrected chi connectivity index (χ1v) is 7.47. The molecule has 1 unspecified atom stereocenters. The number of esters is 2. The Labute approximate surface area is 121 Å². The van der Waals surface area contributed by atoms with Crippen LogP contribution >= 0.6 is 0 Å². The van der Waals surface area contributed by atoms with Gasteiger partial charge in [0.05, 0.1) is 13.7 Å². The topological polar surface area (TPSA) is 72.8 Å². The zero-order chi connectivity index (χ0) is 15.2. The molecule has 0 saturated carbocycles. The van der Waals surface area contributed by atoms with E-state index in [0.29, 0.717) is 25.4 Å². The molecule has 0 aromatic heterocycles. The van der Waals surface area contributed by atoms with Crippen LogP contribution in [0.2, 0.25) is 0 Å². The molecule has 1 N–H and O–H groups in total. The van der Waals surface area contributed by atoms with Gasteiger partial charge in [-0.25, -0.2) is 0 Å². The standard InChI is InChI=1S/C15H28O5/c1-3-13(8-9-14(17)19-2)10-12-20-15(18)7-5-4-6-11-16/h13,16H,3-12H2,1-2H3. The number of aliphatic hydroxyl groups excluding tert-OH is 1. The van der Waals surface area contributed by atoms with E-state index < -0.39 is 0 Å². The number of hydrogen-bond donors (Lipinski definition) is 1. The summed E-state index contributed by atoms with van der Waals surface area (Å²) in [5, 5.41) is 8.62. The summed E-state index contributed by atoms with van der Waals surface area (Å²) in [6, 6.07) is 0. The molecule has 0 aliphatic carbocycles. The summed E-state index contributed by atoms with van der Waals surface area (Å²) in [5.41, 5.74) is 0. The lowest BCUT2D eigenvalue weighted by atomic mass is 9.97. The van der Waals surface area contributed by atoms with Crippen molar-refractivity contribution < 1.29 is 24.2 Å². The van der Waals surface area contributed by atoms with Gasteiger partial charge in [-0.05, 0) is 31.6 Å². The Morgan fingerprint density at radius 1 is 1.05 bits per heavy atom. The molecule has 118 valence electrons. The molecule has 0 aromatic carbocycles. The lowest BCUT2D eigenvalue weighted by Crippen LogP contribution is -2.11. The predicted octanol–water partition coefficient (Wildman–Crippen LogP) is 2.45. The summed E-state index contributed by atoms with van der Waals surface area (Å²) in [7, 11) is 1.39. The third-order valence-corrected chi connectivity index (χ3v) is 3.39. The van der Waals surface area contributed by atoms with Gasteiger partial charge in [0, 0.05) is 19.4 Å². The molecule has 0 fully saturated rings. The second-order valence-corrected chi connectivity index (χ2v) is 4.93. The second kappa shape index (κ2) is 12.9. The van der Waals surface area contributed by atoms with Crippen LogP contribution in [0.3, 0.4) is 0 Å². The Morgan fingerprint density at radius 3 is 2.40 bits per heavy atom. The average Bonchev–Trinajstić information content (AvgIpc) is 2.46. The van der Waals surface area contributed by atoms with Crippen molar-refractivity contribution in [2.24, 2.45) is 5.92 Å². The Kier molecular flexibility index (Phi) is 12.2. The monoisotopic (exact) mass is 288 g/mol. The van der Waals surface area contributed by atoms with Gasteiger partial charge < -0.3 is 14.6 Å². The minimum Gasteiger partial charge on any atom is -0.469 e. The Balaban J connectivity index is 3.62. The van der Waals surface area contributed by atoms with Gasteiger partial charge in [0.15, 0.2) is 0 Å². The van der Waals surface area contributed by atoms with Gasteiger partial charge in [0.25, 0.3) is 0 Å². The van der Waals surface area contributed by atoms with Crippen LogP contribution in [-0.4, -0.2) is 37.4 Å². The first-order chi connectivity index (χ1) is 9.63. The SMILES string of the molecule is CCC(CCOC(=O)CCCCCO)CCC(=O)OC. The van der Waals surface area contributed by atoms with E-state index in [2.05, 4.69) is 11.7 Å². The fraction of sp³-hybridized carbons (Fsp3) is 0.867. The number of rotatable bonds is 12. The van der Waals surface area contributed by atoms with Crippen molar-refractivity contribution in [1.29, 1.82) is 0 Å². The van der Waals surface area contributed by atoms with E-state index in [1.54, 1.807) is 0 Å². The maximum absolute atomic E-state index is 11.4. The highest BCUT2D eigenvalue weighted by Crippen LogP contribution is 2.16. The fourth-order valence-electron chi connectivity index (χ4n) is 1.95. The molecule has 5 heteroatoms. The minimum absolute atomic E-state index is 0.174. The van der Waals surface area contributed by atoms with Gasteiger partial charge in [0.1, 0.15) is 0 Å². The molecule has 0 spiro atoms. The molecule has 0 aliphatic rings. The first kappa shape index (κ1) is 18.9. The molecule has 0 bridgehead atoms. The summed E-state index contributed by atoms with van der Waals surface area (Å²) in [6.07, 6.45) is 5.71. The van der Waals surface area contributed by atoms with Gasteiger partial charge in [-0.2, -0.15) is 0 Å². The molecule has 0 radical (unpaired) electrons. The molecule has 0 heterocycles.